The van der Waals surface area contributed by atoms with E-state index in [4.69, 9.17) is 14.7 Å². The second-order valence-corrected chi connectivity index (χ2v) is 9.98. The number of amides is 1. The maximum absolute atomic E-state index is 13.1. The highest BCUT2D eigenvalue weighted by Gasteiger charge is 2.26. The van der Waals surface area contributed by atoms with Gasteiger partial charge in [0.05, 0.1) is 11.3 Å². The summed E-state index contributed by atoms with van der Waals surface area (Å²) in [6.45, 7) is 0. The zero-order valence-corrected chi connectivity index (χ0v) is 21.2. The SMILES string of the molecule is CN(C)c1nc(NC2CCC(NC(=O)c3ccccc3Oc3ccccc3)CC2)nc2c1CCCC2. The van der Waals surface area contributed by atoms with Gasteiger partial charge in [0.15, 0.2) is 0 Å². The van der Waals surface area contributed by atoms with Crippen LogP contribution in [-0.4, -0.2) is 42.1 Å². The Morgan fingerprint density at radius 1 is 0.889 bits per heavy atom. The number of carbonyl (C=O) groups excluding carboxylic acids is 1. The number of anilines is 2. The number of para-hydroxylation sites is 2. The van der Waals surface area contributed by atoms with Crippen LogP contribution in [0.25, 0.3) is 0 Å². The molecule has 7 nitrogen and oxygen atoms in total. The van der Waals surface area contributed by atoms with E-state index in [0.717, 1.165) is 50.3 Å². The molecule has 0 atom stereocenters. The first-order valence-electron chi connectivity index (χ1n) is 13.0. The molecule has 0 aliphatic heterocycles. The van der Waals surface area contributed by atoms with Gasteiger partial charge in [0.2, 0.25) is 5.95 Å². The van der Waals surface area contributed by atoms with E-state index >= 15 is 0 Å². The van der Waals surface area contributed by atoms with E-state index in [1.807, 2.05) is 54.6 Å². The van der Waals surface area contributed by atoms with Crippen LogP contribution in [0.2, 0.25) is 0 Å². The molecule has 5 rings (SSSR count). The number of nitrogens with one attached hydrogen (secondary N) is 2. The lowest BCUT2D eigenvalue weighted by atomic mass is 9.91. The molecule has 7 heteroatoms. The van der Waals surface area contributed by atoms with Crippen molar-refractivity contribution in [2.75, 3.05) is 24.3 Å². The van der Waals surface area contributed by atoms with Gasteiger partial charge >= 0.3 is 0 Å². The molecule has 1 aromatic heterocycles. The van der Waals surface area contributed by atoms with Crippen molar-refractivity contribution < 1.29 is 9.53 Å². The minimum atomic E-state index is -0.0911. The minimum absolute atomic E-state index is 0.0911. The highest BCUT2D eigenvalue weighted by molar-refractivity contribution is 5.97. The molecule has 2 N–H and O–H groups in total. The van der Waals surface area contributed by atoms with Crippen LogP contribution in [-0.2, 0) is 12.8 Å². The van der Waals surface area contributed by atoms with Crippen LogP contribution in [0.15, 0.2) is 54.6 Å². The number of hydrogen-bond acceptors (Lipinski definition) is 6. The number of nitrogens with zero attached hydrogens (tertiary/aromatic N) is 3. The number of hydrogen-bond donors (Lipinski definition) is 2. The molecule has 2 aromatic carbocycles. The van der Waals surface area contributed by atoms with Crippen molar-refractivity contribution in [3.05, 3.63) is 71.4 Å². The molecule has 1 amide bonds. The second-order valence-electron chi connectivity index (χ2n) is 9.98. The van der Waals surface area contributed by atoms with Gasteiger partial charge in [-0.3, -0.25) is 4.79 Å². The highest BCUT2D eigenvalue weighted by Crippen LogP contribution is 2.30. The maximum Gasteiger partial charge on any atom is 0.255 e. The summed E-state index contributed by atoms with van der Waals surface area (Å²) in [4.78, 5) is 24.9. The van der Waals surface area contributed by atoms with Gasteiger partial charge in [0, 0.05) is 31.7 Å². The average Bonchev–Trinajstić information content (AvgIpc) is 2.90. The topological polar surface area (TPSA) is 79.4 Å². The zero-order chi connectivity index (χ0) is 24.9. The standard InChI is InChI=1S/C29H35N5O2/c1-34(2)27-23-12-6-8-14-25(23)32-29(33-27)31-21-18-16-20(17-19-21)30-28(35)24-13-7-9-15-26(24)36-22-10-4-3-5-11-22/h3-5,7,9-11,13,15,20-21H,6,8,12,14,16-19H2,1-2H3,(H,30,35)(H,31,32,33). The smallest absolute Gasteiger partial charge is 0.255 e. The van der Waals surface area contributed by atoms with Crippen LogP contribution >= 0.6 is 0 Å². The lowest BCUT2D eigenvalue weighted by Crippen LogP contribution is -2.40. The molecule has 2 aliphatic carbocycles. The Bertz CT molecular complexity index is 1190. The lowest BCUT2D eigenvalue weighted by molar-refractivity contribution is 0.0924. The molecule has 1 heterocycles. The largest absolute Gasteiger partial charge is 0.457 e. The zero-order valence-electron chi connectivity index (χ0n) is 21.2. The van der Waals surface area contributed by atoms with E-state index in [9.17, 15) is 4.79 Å². The Kier molecular flexibility index (Phi) is 7.35. The molecule has 3 aromatic rings. The predicted molar refractivity (Wildman–Crippen MR) is 143 cm³/mol. The number of aryl methyl sites for hydroxylation is 1. The molecular weight excluding hydrogens is 450 g/mol. The predicted octanol–water partition coefficient (Wildman–Crippen LogP) is 5.37. The molecule has 0 bridgehead atoms. The summed E-state index contributed by atoms with van der Waals surface area (Å²) in [7, 11) is 4.11. The fraction of sp³-hybridized carbons (Fsp3) is 0.414. The number of fused-ring (bicyclic) bond motifs is 1. The van der Waals surface area contributed by atoms with Gasteiger partial charge in [0.25, 0.3) is 5.91 Å². The van der Waals surface area contributed by atoms with E-state index in [1.165, 1.54) is 24.1 Å². The third-order valence-electron chi connectivity index (χ3n) is 7.08. The first-order chi connectivity index (χ1) is 17.6. The maximum atomic E-state index is 13.1. The monoisotopic (exact) mass is 485 g/mol. The van der Waals surface area contributed by atoms with E-state index in [1.54, 1.807) is 0 Å². The van der Waals surface area contributed by atoms with Crippen molar-refractivity contribution in [1.29, 1.82) is 0 Å². The third-order valence-corrected chi connectivity index (χ3v) is 7.08. The highest BCUT2D eigenvalue weighted by atomic mass is 16.5. The molecule has 0 spiro atoms. The normalized spacial score (nSPS) is 19.2. The van der Waals surface area contributed by atoms with Gasteiger partial charge in [-0.1, -0.05) is 30.3 Å². The number of rotatable bonds is 7. The van der Waals surface area contributed by atoms with E-state index < -0.39 is 0 Å². The Hall–Kier alpha value is -3.61. The van der Waals surface area contributed by atoms with E-state index in [-0.39, 0.29) is 11.9 Å². The number of carbonyl (C=O) groups is 1. The number of benzene rings is 2. The quantitative estimate of drug-likeness (QED) is 0.469. The molecule has 36 heavy (non-hydrogen) atoms. The summed E-state index contributed by atoms with van der Waals surface area (Å²) in [5.41, 5.74) is 3.06. The van der Waals surface area contributed by atoms with Crippen molar-refractivity contribution in [3.8, 4) is 11.5 Å². The van der Waals surface area contributed by atoms with Gasteiger partial charge in [-0.25, -0.2) is 4.98 Å². The van der Waals surface area contributed by atoms with Gasteiger partial charge in [0.1, 0.15) is 17.3 Å². The second kappa shape index (κ2) is 11.0. The molecule has 0 unspecified atom stereocenters. The first kappa shape index (κ1) is 24.1. The van der Waals surface area contributed by atoms with Crippen molar-refractivity contribution in [3.63, 3.8) is 0 Å². The fourth-order valence-electron chi connectivity index (χ4n) is 5.20. The Balaban J connectivity index is 1.18. The third kappa shape index (κ3) is 5.61. The van der Waals surface area contributed by atoms with Gasteiger partial charge in [-0.05, 0) is 75.6 Å². The van der Waals surface area contributed by atoms with Crippen molar-refractivity contribution in [2.24, 2.45) is 0 Å². The summed E-state index contributed by atoms with van der Waals surface area (Å²) in [5, 5.41) is 6.81. The van der Waals surface area contributed by atoms with Gasteiger partial charge < -0.3 is 20.3 Å². The van der Waals surface area contributed by atoms with E-state index in [2.05, 4.69) is 29.6 Å². The van der Waals surface area contributed by atoms with Crippen LogP contribution in [0, 0.1) is 0 Å². The van der Waals surface area contributed by atoms with Crippen molar-refractivity contribution in [1.82, 2.24) is 15.3 Å². The molecule has 188 valence electrons. The van der Waals surface area contributed by atoms with Gasteiger partial charge in [-0.15, -0.1) is 0 Å². The van der Waals surface area contributed by atoms with Crippen molar-refractivity contribution >= 4 is 17.7 Å². The number of ether oxygens (including phenoxy) is 1. The lowest BCUT2D eigenvalue weighted by Gasteiger charge is -2.30. The average molecular weight is 486 g/mol. The summed E-state index contributed by atoms with van der Waals surface area (Å²) < 4.78 is 5.98. The summed E-state index contributed by atoms with van der Waals surface area (Å²) >= 11 is 0. The minimum Gasteiger partial charge on any atom is -0.457 e. The van der Waals surface area contributed by atoms with Crippen LogP contribution in [0.3, 0.4) is 0 Å². The van der Waals surface area contributed by atoms with Crippen LogP contribution in [0.1, 0.15) is 60.1 Å². The Morgan fingerprint density at radius 3 is 2.36 bits per heavy atom. The summed E-state index contributed by atoms with van der Waals surface area (Å²) in [5.74, 6) is 2.97. The van der Waals surface area contributed by atoms with Crippen molar-refractivity contribution in [2.45, 2.75) is 63.5 Å². The Morgan fingerprint density at radius 2 is 1.58 bits per heavy atom. The molecule has 1 saturated carbocycles. The molecule has 1 fully saturated rings. The molecule has 0 radical (unpaired) electrons. The molecular formula is C29H35N5O2. The van der Waals surface area contributed by atoms with Gasteiger partial charge in [-0.2, -0.15) is 4.98 Å². The fourth-order valence-corrected chi connectivity index (χ4v) is 5.20. The number of aromatic nitrogens is 2. The molecule has 2 aliphatic rings. The van der Waals surface area contributed by atoms with Crippen LogP contribution < -0.4 is 20.3 Å². The van der Waals surface area contributed by atoms with Crippen LogP contribution in [0.5, 0.6) is 11.5 Å². The summed E-state index contributed by atoms with van der Waals surface area (Å²) in [6, 6.07) is 17.4. The molecule has 0 saturated heterocycles. The van der Waals surface area contributed by atoms with E-state index in [0.29, 0.717) is 23.1 Å². The first-order valence-corrected chi connectivity index (χ1v) is 13.0. The summed E-state index contributed by atoms with van der Waals surface area (Å²) in [6.07, 6.45) is 8.25. The van der Waals surface area contributed by atoms with Crippen LogP contribution in [0.4, 0.5) is 11.8 Å². The Labute approximate surface area is 213 Å².